The molecule has 1 heterocycles. The molecule has 0 saturated carbocycles. The Bertz CT molecular complexity index is 689. The number of rotatable bonds is 9. The number of para-hydroxylation sites is 1. The molecule has 1 aromatic heterocycles. The van der Waals surface area contributed by atoms with Crippen molar-refractivity contribution in [2.24, 2.45) is 0 Å². The van der Waals surface area contributed by atoms with Crippen LogP contribution in [0.15, 0.2) is 42.7 Å². The Kier molecular flexibility index (Phi) is 7.22. The first-order chi connectivity index (χ1) is 12.1. The van der Waals surface area contributed by atoms with E-state index < -0.39 is 0 Å². The van der Waals surface area contributed by atoms with Gasteiger partial charge < -0.3 is 20.3 Å². The number of ether oxygens (including phenoxy) is 1. The fourth-order valence-corrected chi connectivity index (χ4v) is 2.41. The highest BCUT2D eigenvalue weighted by Gasteiger charge is 2.08. The van der Waals surface area contributed by atoms with E-state index in [1.807, 2.05) is 44.4 Å². The number of nitrogens with zero attached hydrogens (tertiary/aromatic N) is 2. The first-order valence-electron chi connectivity index (χ1n) is 8.34. The predicted octanol–water partition coefficient (Wildman–Crippen LogP) is 2.04. The van der Waals surface area contributed by atoms with Gasteiger partial charge in [-0.3, -0.25) is 9.78 Å². The van der Waals surface area contributed by atoms with Gasteiger partial charge in [-0.25, -0.2) is 0 Å². The maximum atomic E-state index is 12.3. The smallest absolute Gasteiger partial charge is 0.252 e. The third kappa shape index (κ3) is 6.08. The van der Waals surface area contributed by atoms with Crippen molar-refractivity contribution in [2.75, 3.05) is 46.2 Å². The van der Waals surface area contributed by atoms with Crippen molar-refractivity contribution in [1.29, 1.82) is 0 Å². The fourth-order valence-electron chi connectivity index (χ4n) is 2.41. The number of amides is 1. The van der Waals surface area contributed by atoms with Crippen LogP contribution in [0, 0.1) is 0 Å². The minimum absolute atomic E-state index is 0.126. The molecule has 0 spiro atoms. The average molecular weight is 342 g/mol. The number of hydrogen-bond donors (Lipinski definition) is 2. The van der Waals surface area contributed by atoms with E-state index in [0.717, 1.165) is 30.1 Å². The number of anilines is 1. The van der Waals surface area contributed by atoms with Crippen molar-refractivity contribution < 1.29 is 9.53 Å². The molecule has 0 saturated heterocycles. The molecular weight excluding hydrogens is 316 g/mol. The first-order valence-corrected chi connectivity index (χ1v) is 8.34. The molecule has 0 aliphatic heterocycles. The topological polar surface area (TPSA) is 66.5 Å². The van der Waals surface area contributed by atoms with E-state index in [0.29, 0.717) is 18.5 Å². The number of carbonyl (C=O) groups excluding carboxylic acids is 1. The van der Waals surface area contributed by atoms with Gasteiger partial charge in [0.2, 0.25) is 0 Å². The van der Waals surface area contributed by atoms with Gasteiger partial charge in [-0.1, -0.05) is 18.2 Å². The van der Waals surface area contributed by atoms with Crippen LogP contribution in [0.4, 0.5) is 5.69 Å². The van der Waals surface area contributed by atoms with Crippen LogP contribution in [0.2, 0.25) is 0 Å². The van der Waals surface area contributed by atoms with E-state index in [1.54, 1.807) is 19.5 Å². The molecule has 0 fully saturated rings. The van der Waals surface area contributed by atoms with Crippen LogP contribution >= 0.6 is 0 Å². The van der Waals surface area contributed by atoms with Crippen molar-refractivity contribution >= 4 is 11.6 Å². The van der Waals surface area contributed by atoms with Crippen LogP contribution in [-0.4, -0.2) is 56.6 Å². The van der Waals surface area contributed by atoms with Crippen LogP contribution in [0.3, 0.4) is 0 Å². The molecule has 134 valence electrons. The van der Waals surface area contributed by atoms with Gasteiger partial charge >= 0.3 is 0 Å². The summed E-state index contributed by atoms with van der Waals surface area (Å²) < 4.78 is 5.32. The predicted molar refractivity (Wildman–Crippen MR) is 100 cm³/mol. The molecule has 25 heavy (non-hydrogen) atoms. The Morgan fingerprint density at radius 1 is 1.20 bits per heavy atom. The fraction of sp³-hybridized carbons (Fsp3) is 0.368. The number of aromatic nitrogens is 1. The molecule has 1 aromatic carbocycles. The largest absolute Gasteiger partial charge is 0.496 e. The molecule has 0 atom stereocenters. The standard InChI is InChI=1S/C19H26N4O2/c1-23(2)11-10-21-17-12-16(13-20-14-17)19(24)22-9-8-15-6-4-5-7-18(15)25-3/h4-7,12-14,21H,8-11H2,1-3H3,(H,22,24). The van der Waals surface area contributed by atoms with Gasteiger partial charge in [-0.05, 0) is 38.2 Å². The molecule has 0 unspecified atom stereocenters. The van der Waals surface area contributed by atoms with Crippen LogP contribution < -0.4 is 15.4 Å². The number of benzene rings is 1. The van der Waals surface area contributed by atoms with E-state index in [1.165, 1.54) is 0 Å². The Morgan fingerprint density at radius 3 is 2.76 bits per heavy atom. The molecule has 2 rings (SSSR count). The van der Waals surface area contributed by atoms with Crippen LogP contribution in [-0.2, 0) is 6.42 Å². The highest BCUT2D eigenvalue weighted by molar-refractivity contribution is 5.94. The van der Waals surface area contributed by atoms with Crippen molar-refractivity contribution in [3.8, 4) is 5.75 Å². The molecule has 6 heteroatoms. The third-order valence-corrected chi connectivity index (χ3v) is 3.76. The highest BCUT2D eigenvalue weighted by Crippen LogP contribution is 2.17. The lowest BCUT2D eigenvalue weighted by atomic mass is 10.1. The zero-order chi connectivity index (χ0) is 18.1. The average Bonchev–Trinajstić information content (AvgIpc) is 2.62. The monoisotopic (exact) mass is 342 g/mol. The zero-order valence-corrected chi connectivity index (χ0v) is 15.1. The van der Waals surface area contributed by atoms with E-state index in [9.17, 15) is 4.79 Å². The number of pyridine rings is 1. The molecule has 1 amide bonds. The van der Waals surface area contributed by atoms with Crippen LogP contribution in [0.25, 0.3) is 0 Å². The molecule has 0 radical (unpaired) electrons. The minimum Gasteiger partial charge on any atom is -0.496 e. The molecule has 0 bridgehead atoms. The van der Waals surface area contributed by atoms with E-state index in [-0.39, 0.29) is 5.91 Å². The number of methoxy groups -OCH3 is 1. The Balaban J connectivity index is 1.86. The van der Waals surface area contributed by atoms with Gasteiger partial charge in [0.25, 0.3) is 5.91 Å². The van der Waals surface area contributed by atoms with Gasteiger partial charge in [-0.2, -0.15) is 0 Å². The quantitative estimate of drug-likeness (QED) is 0.730. The normalized spacial score (nSPS) is 10.6. The van der Waals surface area contributed by atoms with E-state index in [4.69, 9.17) is 4.74 Å². The van der Waals surface area contributed by atoms with Crippen LogP contribution in [0.1, 0.15) is 15.9 Å². The number of hydrogen-bond acceptors (Lipinski definition) is 5. The third-order valence-electron chi connectivity index (χ3n) is 3.76. The Hall–Kier alpha value is -2.60. The second-order valence-electron chi connectivity index (χ2n) is 6.01. The maximum Gasteiger partial charge on any atom is 0.252 e. The number of nitrogens with one attached hydrogen (secondary N) is 2. The number of likely N-dealkylation sites (N-methyl/N-ethyl adjacent to an activating group) is 1. The van der Waals surface area contributed by atoms with Gasteiger partial charge in [-0.15, -0.1) is 0 Å². The lowest BCUT2D eigenvalue weighted by molar-refractivity contribution is 0.0953. The summed E-state index contributed by atoms with van der Waals surface area (Å²) in [6.45, 7) is 2.25. The van der Waals surface area contributed by atoms with Gasteiger partial charge in [0.1, 0.15) is 5.75 Å². The summed E-state index contributed by atoms with van der Waals surface area (Å²) in [5, 5.41) is 6.20. The summed E-state index contributed by atoms with van der Waals surface area (Å²) in [5.41, 5.74) is 2.47. The minimum atomic E-state index is -0.126. The van der Waals surface area contributed by atoms with Crippen LogP contribution in [0.5, 0.6) is 5.75 Å². The summed E-state index contributed by atoms with van der Waals surface area (Å²) in [5.74, 6) is 0.712. The molecule has 2 N–H and O–H groups in total. The van der Waals surface area contributed by atoms with Gasteiger partial charge in [0.15, 0.2) is 0 Å². The first kappa shape index (κ1) is 18.7. The second kappa shape index (κ2) is 9.64. The molecule has 0 aliphatic carbocycles. The van der Waals surface area contributed by atoms with Gasteiger partial charge in [0, 0.05) is 32.0 Å². The molecular formula is C19H26N4O2. The number of carbonyl (C=O) groups is 1. The van der Waals surface area contributed by atoms with Crippen molar-refractivity contribution in [2.45, 2.75) is 6.42 Å². The summed E-state index contributed by atoms with van der Waals surface area (Å²) in [7, 11) is 5.69. The Labute approximate surface area is 149 Å². The zero-order valence-electron chi connectivity index (χ0n) is 15.1. The van der Waals surface area contributed by atoms with E-state index >= 15 is 0 Å². The maximum absolute atomic E-state index is 12.3. The summed E-state index contributed by atoms with van der Waals surface area (Å²) in [4.78, 5) is 18.5. The molecule has 2 aromatic rings. The van der Waals surface area contributed by atoms with Crippen molar-refractivity contribution in [3.05, 3.63) is 53.9 Å². The van der Waals surface area contributed by atoms with Crippen molar-refractivity contribution in [1.82, 2.24) is 15.2 Å². The van der Waals surface area contributed by atoms with Gasteiger partial charge in [0.05, 0.1) is 18.4 Å². The lowest BCUT2D eigenvalue weighted by Crippen LogP contribution is -2.26. The second-order valence-corrected chi connectivity index (χ2v) is 6.01. The summed E-state index contributed by atoms with van der Waals surface area (Å²) in [6, 6.07) is 9.64. The van der Waals surface area contributed by atoms with Crippen molar-refractivity contribution in [3.63, 3.8) is 0 Å². The highest BCUT2D eigenvalue weighted by atomic mass is 16.5. The lowest BCUT2D eigenvalue weighted by Gasteiger charge is -2.12. The summed E-state index contributed by atoms with van der Waals surface area (Å²) in [6.07, 6.45) is 4.01. The molecule has 6 nitrogen and oxygen atoms in total. The summed E-state index contributed by atoms with van der Waals surface area (Å²) >= 11 is 0. The molecule has 0 aliphatic rings. The van der Waals surface area contributed by atoms with E-state index in [2.05, 4.69) is 20.5 Å². The Morgan fingerprint density at radius 2 is 2.00 bits per heavy atom. The SMILES string of the molecule is COc1ccccc1CCNC(=O)c1cncc(NCCN(C)C)c1.